The molecule has 0 aliphatic rings. The highest BCUT2D eigenvalue weighted by Gasteiger charge is 2.07. The second-order valence-corrected chi connectivity index (χ2v) is 7.88. The van der Waals surface area contributed by atoms with E-state index in [9.17, 15) is 8.42 Å². The molecule has 0 heterocycles. The maximum absolute atomic E-state index is 11.4. The van der Waals surface area contributed by atoms with E-state index in [4.69, 9.17) is 0 Å². The minimum atomic E-state index is -2.94. The molecule has 1 aromatic rings. The van der Waals surface area contributed by atoms with Crippen molar-refractivity contribution in [1.29, 1.82) is 0 Å². The van der Waals surface area contributed by atoms with Gasteiger partial charge in [-0.15, -0.1) is 0 Å². The van der Waals surface area contributed by atoms with Gasteiger partial charge >= 0.3 is 0 Å². The van der Waals surface area contributed by atoms with Crippen molar-refractivity contribution in [2.45, 2.75) is 27.2 Å². The number of guanidine groups is 1. The summed E-state index contributed by atoms with van der Waals surface area (Å²) in [7, 11) is -1.26. The van der Waals surface area contributed by atoms with Crippen molar-refractivity contribution in [3.63, 3.8) is 0 Å². The molecule has 0 aromatic heterocycles. The lowest BCUT2D eigenvalue weighted by Gasteiger charge is -2.12. The molecule has 1 rings (SSSR count). The molecule has 0 saturated heterocycles. The average Bonchev–Trinajstić information content (AvgIpc) is 2.44. The molecule has 2 N–H and O–H groups in total. The van der Waals surface area contributed by atoms with Crippen LogP contribution < -0.4 is 10.6 Å². The molecule has 1 aromatic carbocycles. The summed E-state index contributed by atoms with van der Waals surface area (Å²) in [5.41, 5.74) is 3.82. The van der Waals surface area contributed by atoms with Crippen LogP contribution in [-0.2, 0) is 16.3 Å². The van der Waals surface area contributed by atoms with Crippen LogP contribution in [0.15, 0.2) is 23.2 Å². The zero-order valence-electron chi connectivity index (χ0n) is 13.9. The van der Waals surface area contributed by atoms with Crippen molar-refractivity contribution in [3.8, 4) is 0 Å². The van der Waals surface area contributed by atoms with Crippen LogP contribution in [0.2, 0.25) is 0 Å². The van der Waals surface area contributed by atoms with Gasteiger partial charge in [0.15, 0.2) is 15.8 Å². The molecule has 0 spiro atoms. The third-order valence-corrected chi connectivity index (χ3v) is 5.06. The second kappa shape index (κ2) is 8.78. The van der Waals surface area contributed by atoms with Gasteiger partial charge in [0, 0.05) is 25.9 Å². The molecule has 124 valence electrons. The van der Waals surface area contributed by atoms with E-state index in [0.717, 1.165) is 13.0 Å². The molecule has 5 nitrogen and oxygen atoms in total. The Bertz CT molecular complexity index is 590. The normalized spacial score (nSPS) is 12.3. The Morgan fingerprint density at radius 3 is 2.23 bits per heavy atom. The van der Waals surface area contributed by atoms with Gasteiger partial charge < -0.3 is 10.6 Å². The Labute approximate surface area is 134 Å². The number of sulfone groups is 1. The number of aryl methyl sites for hydroxylation is 2. The van der Waals surface area contributed by atoms with Gasteiger partial charge in [0.25, 0.3) is 0 Å². The fourth-order valence-electron chi connectivity index (χ4n) is 2.23. The van der Waals surface area contributed by atoms with Crippen LogP contribution >= 0.6 is 0 Å². The number of aliphatic imine (C=N–C) groups is 1. The molecule has 6 heteroatoms. The third-order valence-electron chi connectivity index (χ3n) is 3.36. The SMILES string of the molecule is CCS(=O)(=O)CCNC(=NC)NCCc1cc(C)cc(C)c1. The summed E-state index contributed by atoms with van der Waals surface area (Å²) in [6.07, 6.45) is 0.899. The summed E-state index contributed by atoms with van der Waals surface area (Å²) in [6, 6.07) is 6.52. The number of benzene rings is 1. The van der Waals surface area contributed by atoms with Crippen molar-refractivity contribution < 1.29 is 8.42 Å². The van der Waals surface area contributed by atoms with Crippen molar-refractivity contribution >= 4 is 15.8 Å². The number of rotatable bonds is 7. The van der Waals surface area contributed by atoms with Gasteiger partial charge in [-0.25, -0.2) is 8.42 Å². The van der Waals surface area contributed by atoms with Crippen LogP contribution in [0.4, 0.5) is 0 Å². The fraction of sp³-hybridized carbons (Fsp3) is 0.562. The van der Waals surface area contributed by atoms with Gasteiger partial charge in [0.1, 0.15) is 0 Å². The minimum absolute atomic E-state index is 0.126. The van der Waals surface area contributed by atoms with E-state index in [1.165, 1.54) is 16.7 Å². The molecule has 0 aliphatic heterocycles. The van der Waals surface area contributed by atoms with E-state index < -0.39 is 9.84 Å². The highest BCUT2D eigenvalue weighted by molar-refractivity contribution is 7.91. The Morgan fingerprint density at radius 1 is 1.09 bits per heavy atom. The standard InChI is InChI=1S/C16H27N3O2S/c1-5-22(20,21)9-8-19-16(17-4)18-7-6-15-11-13(2)10-14(3)12-15/h10-12H,5-9H2,1-4H3,(H2,17,18,19). The maximum Gasteiger partial charge on any atom is 0.191 e. The van der Waals surface area contributed by atoms with Gasteiger partial charge in [-0.3, -0.25) is 4.99 Å². The summed E-state index contributed by atoms with van der Waals surface area (Å²) in [4.78, 5) is 4.10. The summed E-state index contributed by atoms with van der Waals surface area (Å²) in [6.45, 7) is 6.98. The molecule has 0 saturated carbocycles. The van der Waals surface area contributed by atoms with Crippen LogP contribution in [0.25, 0.3) is 0 Å². The number of hydrogen-bond acceptors (Lipinski definition) is 3. The summed E-state index contributed by atoms with van der Waals surface area (Å²) < 4.78 is 22.9. The van der Waals surface area contributed by atoms with E-state index in [1.807, 2.05) is 0 Å². The first-order valence-electron chi connectivity index (χ1n) is 7.58. The predicted molar refractivity (Wildman–Crippen MR) is 93.3 cm³/mol. The summed E-state index contributed by atoms with van der Waals surface area (Å²) >= 11 is 0. The van der Waals surface area contributed by atoms with Crippen molar-refractivity contribution in [3.05, 3.63) is 34.9 Å². The fourth-order valence-corrected chi connectivity index (χ4v) is 2.93. The third kappa shape index (κ3) is 6.93. The van der Waals surface area contributed by atoms with Gasteiger partial charge in [-0.05, 0) is 25.8 Å². The Hall–Kier alpha value is -1.56. The zero-order valence-corrected chi connectivity index (χ0v) is 14.8. The molecule has 0 fully saturated rings. The van der Waals surface area contributed by atoms with Gasteiger partial charge in [-0.1, -0.05) is 36.2 Å². The predicted octanol–water partition coefficient (Wildman–Crippen LogP) is 1.45. The number of hydrogen-bond donors (Lipinski definition) is 2. The van der Waals surface area contributed by atoms with E-state index in [2.05, 4.69) is 47.7 Å². The smallest absolute Gasteiger partial charge is 0.191 e. The van der Waals surface area contributed by atoms with Gasteiger partial charge in [0.2, 0.25) is 0 Å². The summed E-state index contributed by atoms with van der Waals surface area (Å²) in [5.74, 6) is 0.935. The van der Waals surface area contributed by atoms with Crippen LogP contribution in [0.5, 0.6) is 0 Å². The highest BCUT2D eigenvalue weighted by Crippen LogP contribution is 2.08. The van der Waals surface area contributed by atoms with Crippen LogP contribution in [0.3, 0.4) is 0 Å². The lowest BCUT2D eigenvalue weighted by atomic mass is 10.1. The lowest BCUT2D eigenvalue weighted by Crippen LogP contribution is -2.40. The summed E-state index contributed by atoms with van der Waals surface area (Å²) in [5, 5.41) is 6.23. The molecule has 0 amide bonds. The molecule has 0 radical (unpaired) electrons. The zero-order chi connectivity index (χ0) is 16.6. The van der Waals surface area contributed by atoms with Crippen molar-refractivity contribution in [2.75, 3.05) is 31.6 Å². The molecule has 0 aliphatic carbocycles. The Kier molecular flexibility index (Phi) is 7.38. The number of nitrogens with one attached hydrogen (secondary N) is 2. The molecular formula is C16H27N3O2S. The van der Waals surface area contributed by atoms with Crippen LogP contribution in [0, 0.1) is 13.8 Å². The first kappa shape index (κ1) is 18.5. The van der Waals surface area contributed by atoms with E-state index in [-0.39, 0.29) is 11.5 Å². The van der Waals surface area contributed by atoms with Crippen molar-refractivity contribution in [2.24, 2.45) is 4.99 Å². The Morgan fingerprint density at radius 2 is 1.68 bits per heavy atom. The van der Waals surface area contributed by atoms with Crippen LogP contribution in [-0.4, -0.2) is 46.0 Å². The Balaban J connectivity index is 2.38. The molecule has 22 heavy (non-hydrogen) atoms. The first-order valence-corrected chi connectivity index (χ1v) is 9.40. The highest BCUT2D eigenvalue weighted by atomic mass is 32.2. The van der Waals surface area contributed by atoms with E-state index in [1.54, 1.807) is 14.0 Å². The second-order valence-electron chi connectivity index (χ2n) is 5.41. The monoisotopic (exact) mass is 325 g/mol. The van der Waals surface area contributed by atoms with E-state index >= 15 is 0 Å². The topological polar surface area (TPSA) is 70.6 Å². The largest absolute Gasteiger partial charge is 0.356 e. The molecular weight excluding hydrogens is 298 g/mol. The average molecular weight is 325 g/mol. The lowest BCUT2D eigenvalue weighted by molar-refractivity contribution is 0.595. The van der Waals surface area contributed by atoms with Crippen molar-refractivity contribution in [1.82, 2.24) is 10.6 Å². The van der Waals surface area contributed by atoms with Gasteiger partial charge in [-0.2, -0.15) is 0 Å². The van der Waals surface area contributed by atoms with Crippen LogP contribution in [0.1, 0.15) is 23.6 Å². The van der Waals surface area contributed by atoms with Gasteiger partial charge in [0.05, 0.1) is 5.75 Å². The van der Waals surface area contributed by atoms with E-state index in [0.29, 0.717) is 12.5 Å². The first-order chi connectivity index (χ1) is 10.4. The number of nitrogens with zero attached hydrogens (tertiary/aromatic N) is 1. The molecule has 0 bridgehead atoms. The quantitative estimate of drug-likeness (QED) is 0.588. The molecule has 0 unspecified atom stereocenters. The molecule has 0 atom stereocenters. The minimum Gasteiger partial charge on any atom is -0.356 e. The maximum atomic E-state index is 11.4.